The van der Waals surface area contributed by atoms with Crippen molar-refractivity contribution in [3.8, 4) is 0 Å². The molecule has 0 aromatic heterocycles. The molecule has 21 heavy (non-hydrogen) atoms. The zero-order chi connectivity index (χ0) is 15.5. The lowest BCUT2D eigenvalue weighted by molar-refractivity contribution is -0.115. The summed E-state index contributed by atoms with van der Waals surface area (Å²) in [5, 5.41) is 3.24. The van der Waals surface area contributed by atoms with Crippen LogP contribution in [0.3, 0.4) is 0 Å². The fourth-order valence-corrected chi connectivity index (χ4v) is 2.72. The number of nitrogens with one attached hydrogen (secondary N) is 1. The van der Waals surface area contributed by atoms with Crippen molar-refractivity contribution in [1.82, 2.24) is 0 Å². The monoisotopic (exact) mass is 323 g/mol. The van der Waals surface area contributed by atoms with Gasteiger partial charge in [-0.2, -0.15) is 0 Å². The van der Waals surface area contributed by atoms with Gasteiger partial charge in [-0.25, -0.2) is 8.42 Å². The van der Waals surface area contributed by atoms with Gasteiger partial charge >= 0.3 is 0 Å². The van der Waals surface area contributed by atoms with Crippen LogP contribution < -0.4 is 5.32 Å². The van der Waals surface area contributed by atoms with E-state index in [1.807, 2.05) is 0 Å². The SMILES string of the molecule is CS(=O)(=O)c1cccc(NC(=O)Cc2cccc(Cl)c2)c1. The second kappa shape index (κ2) is 6.28. The van der Waals surface area contributed by atoms with Crippen molar-refractivity contribution in [3.05, 3.63) is 59.1 Å². The number of carbonyl (C=O) groups excluding carboxylic acids is 1. The van der Waals surface area contributed by atoms with Crippen molar-refractivity contribution in [2.45, 2.75) is 11.3 Å². The molecule has 0 radical (unpaired) electrons. The number of halogens is 1. The van der Waals surface area contributed by atoms with E-state index in [2.05, 4.69) is 5.32 Å². The van der Waals surface area contributed by atoms with Gasteiger partial charge in [0.2, 0.25) is 5.91 Å². The number of amides is 1. The Labute approximate surface area is 128 Å². The van der Waals surface area contributed by atoms with Crippen LogP contribution in [0.2, 0.25) is 5.02 Å². The average molecular weight is 324 g/mol. The molecule has 4 nitrogen and oxygen atoms in total. The van der Waals surface area contributed by atoms with E-state index in [9.17, 15) is 13.2 Å². The van der Waals surface area contributed by atoms with Crippen LogP contribution in [-0.2, 0) is 21.1 Å². The van der Waals surface area contributed by atoms with E-state index >= 15 is 0 Å². The van der Waals surface area contributed by atoms with Crippen LogP contribution in [0.25, 0.3) is 0 Å². The molecule has 2 aromatic rings. The summed E-state index contributed by atoms with van der Waals surface area (Å²) in [5.74, 6) is -0.233. The third-order valence-electron chi connectivity index (χ3n) is 2.80. The molecule has 0 atom stereocenters. The first kappa shape index (κ1) is 15.5. The van der Waals surface area contributed by atoms with Gasteiger partial charge in [0.25, 0.3) is 0 Å². The zero-order valence-corrected chi connectivity index (χ0v) is 12.9. The lowest BCUT2D eigenvalue weighted by Crippen LogP contribution is -2.14. The number of carbonyl (C=O) groups is 1. The van der Waals surface area contributed by atoms with Gasteiger partial charge in [0, 0.05) is 17.0 Å². The Morgan fingerprint density at radius 1 is 1.14 bits per heavy atom. The van der Waals surface area contributed by atoms with Crippen molar-refractivity contribution < 1.29 is 13.2 Å². The minimum Gasteiger partial charge on any atom is -0.326 e. The van der Waals surface area contributed by atoms with Gasteiger partial charge in [-0.15, -0.1) is 0 Å². The molecule has 0 saturated heterocycles. The number of hydrogen-bond acceptors (Lipinski definition) is 3. The third-order valence-corrected chi connectivity index (χ3v) is 4.14. The number of rotatable bonds is 4. The van der Waals surface area contributed by atoms with E-state index in [4.69, 9.17) is 11.6 Å². The molecule has 1 amide bonds. The molecular weight excluding hydrogens is 310 g/mol. The molecule has 0 aliphatic carbocycles. The van der Waals surface area contributed by atoms with Crippen LogP contribution in [0.4, 0.5) is 5.69 Å². The predicted octanol–water partition coefficient (Wildman–Crippen LogP) is 2.92. The molecule has 0 aliphatic heterocycles. The highest BCUT2D eigenvalue weighted by Crippen LogP contribution is 2.16. The Morgan fingerprint density at radius 2 is 1.86 bits per heavy atom. The summed E-state index contributed by atoms with van der Waals surface area (Å²) in [4.78, 5) is 12.1. The molecule has 0 aliphatic rings. The second-order valence-electron chi connectivity index (χ2n) is 4.65. The first-order chi connectivity index (χ1) is 9.84. The lowest BCUT2D eigenvalue weighted by Gasteiger charge is -2.07. The minimum absolute atomic E-state index is 0.169. The molecule has 0 fully saturated rings. The molecule has 0 saturated carbocycles. The zero-order valence-electron chi connectivity index (χ0n) is 11.3. The summed E-state index contributed by atoms with van der Waals surface area (Å²) >= 11 is 5.86. The van der Waals surface area contributed by atoms with Gasteiger partial charge in [0.1, 0.15) is 0 Å². The highest BCUT2D eigenvalue weighted by molar-refractivity contribution is 7.90. The average Bonchev–Trinajstić information content (AvgIpc) is 2.37. The van der Waals surface area contributed by atoms with E-state index in [-0.39, 0.29) is 17.2 Å². The summed E-state index contributed by atoms with van der Waals surface area (Å²) in [7, 11) is -3.29. The number of benzene rings is 2. The normalized spacial score (nSPS) is 11.1. The van der Waals surface area contributed by atoms with Crippen LogP contribution in [0.15, 0.2) is 53.4 Å². The maximum Gasteiger partial charge on any atom is 0.228 e. The number of anilines is 1. The third kappa shape index (κ3) is 4.58. The minimum atomic E-state index is -3.29. The van der Waals surface area contributed by atoms with E-state index in [1.54, 1.807) is 36.4 Å². The fourth-order valence-electron chi connectivity index (χ4n) is 1.84. The standard InChI is InChI=1S/C15H14ClNO3S/c1-21(19,20)14-7-3-6-13(10-14)17-15(18)9-11-4-2-5-12(16)8-11/h2-8,10H,9H2,1H3,(H,17,18). The smallest absolute Gasteiger partial charge is 0.228 e. The molecule has 2 rings (SSSR count). The van der Waals surface area contributed by atoms with Gasteiger partial charge in [-0.3, -0.25) is 4.79 Å². The van der Waals surface area contributed by atoms with E-state index < -0.39 is 9.84 Å². The Balaban J connectivity index is 2.10. The van der Waals surface area contributed by atoms with E-state index in [0.717, 1.165) is 11.8 Å². The van der Waals surface area contributed by atoms with Gasteiger partial charge in [-0.05, 0) is 35.9 Å². The Hall–Kier alpha value is -1.85. The largest absolute Gasteiger partial charge is 0.326 e. The molecular formula is C15H14ClNO3S. The molecule has 0 heterocycles. The van der Waals surface area contributed by atoms with Crippen LogP contribution >= 0.6 is 11.6 Å². The van der Waals surface area contributed by atoms with Crippen molar-refractivity contribution in [3.63, 3.8) is 0 Å². The Kier molecular flexibility index (Phi) is 4.65. The van der Waals surface area contributed by atoms with Crippen molar-refractivity contribution in [2.24, 2.45) is 0 Å². The first-order valence-corrected chi connectivity index (χ1v) is 8.46. The Bertz CT molecular complexity index is 772. The quantitative estimate of drug-likeness (QED) is 0.941. The van der Waals surface area contributed by atoms with Gasteiger partial charge in [0.15, 0.2) is 9.84 Å². The van der Waals surface area contributed by atoms with Crippen LogP contribution in [0, 0.1) is 0 Å². The van der Waals surface area contributed by atoms with Crippen LogP contribution in [-0.4, -0.2) is 20.6 Å². The first-order valence-electron chi connectivity index (χ1n) is 6.19. The van der Waals surface area contributed by atoms with E-state index in [1.165, 1.54) is 12.1 Å². The lowest BCUT2D eigenvalue weighted by atomic mass is 10.1. The van der Waals surface area contributed by atoms with E-state index in [0.29, 0.717) is 10.7 Å². The van der Waals surface area contributed by atoms with Crippen molar-refractivity contribution in [2.75, 3.05) is 11.6 Å². The van der Waals surface area contributed by atoms with Gasteiger partial charge in [0.05, 0.1) is 11.3 Å². The van der Waals surface area contributed by atoms with Crippen LogP contribution in [0.5, 0.6) is 0 Å². The summed E-state index contributed by atoms with van der Waals surface area (Å²) in [6.07, 6.45) is 1.30. The topological polar surface area (TPSA) is 63.2 Å². The molecule has 0 bridgehead atoms. The van der Waals surface area contributed by atoms with Gasteiger partial charge < -0.3 is 5.32 Å². The highest BCUT2D eigenvalue weighted by Gasteiger charge is 2.09. The Morgan fingerprint density at radius 3 is 2.52 bits per heavy atom. The maximum absolute atomic E-state index is 12.0. The van der Waals surface area contributed by atoms with Crippen molar-refractivity contribution >= 4 is 33.0 Å². The van der Waals surface area contributed by atoms with Crippen molar-refractivity contribution in [1.29, 1.82) is 0 Å². The summed E-state index contributed by atoms with van der Waals surface area (Å²) in [5.41, 5.74) is 1.24. The number of sulfone groups is 1. The molecule has 0 spiro atoms. The van der Waals surface area contributed by atoms with Crippen LogP contribution in [0.1, 0.15) is 5.56 Å². The second-order valence-corrected chi connectivity index (χ2v) is 7.11. The molecule has 0 unspecified atom stereocenters. The molecule has 1 N–H and O–H groups in total. The fraction of sp³-hybridized carbons (Fsp3) is 0.133. The summed E-state index contributed by atoms with van der Waals surface area (Å²) < 4.78 is 22.9. The summed E-state index contributed by atoms with van der Waals surface area (Å²) in [6, 6.07) is 13.2. The highest BCUT2D eigenvalue weighted by atomic mass is 35.5. The molecule has 2 aromatic carbocycles. The number of hydrogen-bond donors (Lipinski definition) is 1. The maximum atomic E-state index is 12.0. The summed E-state index contributed by atoms with van der Waals surface area (Å²) in [6.45, 7) is 0. The predicted molar refractivity (Wildman–Crippen MR) is 83.3 cm³/mol. The molecule has 6 heteroatoms. The van der Waals surface area contributed by atoms with Gasteiger partial charge in [-0.1, -0.05) is 29.8 Å². The molecule has 110 valence electrons.